The molecule has 1 aromatic carbocycles. The Kier molecular flexibility index (Phi) is 3.42. The fourth-order valence-electron chi connectivity index (χ4n) is 1.49. The van der Waals surface area contributed by atoms with Gasteiger partial charge in [0.05, 0.1) is 6.54 Å². The molecule has 0 aliphatic heterocycles. The normalized spacial score (nSPS) is 10.4. The summed E-state index contributed by atoms with van der Waals surface area (Å²) in [6.45, 7) is 2.80. The first kappa shape index (κ1) is 11.4. The van der Waals surface area contributed by atoms with Crippen LogP contribution in [0, 0.1) is 10.5 Å². The molecule has 1 heterocycles. The summed E-state index contributed by atoms with van der Waals surface area (Å²) < 4.78 is 2.96. The number of anilines is 1. The summed E-state index contributed by atoms with van der Waals surface area (Å²) in [5.41, 5.74) is 3.34. The van der Waals surface area contributed by atoms with E-state index in [1.807, 2.05) is 13.2 Å². The van der Waals surface area contributed by atoms with Crippen molar-refractivity contribution < 1.29 is 0 Å². The molecule has 84 valence electrons. The molecule has 0 saturated carbocycles. The van der Waals surface area contributed by atoms with E-state index in [0.717, 1.165) is 11.4 Å². The number of benzene rings is 1. The van der Waals surface area contributed by atoms with Crippen molar-refractivity contribution in [1.29, 1.82) is 0 Å². The minimum atomic E-state index is 0.704. The Morgan fingerprint density at radius 3 is 2.88 bits per heavy atom. The quantitative estimate of drug-likeness (QED) is 0.880. The Labute approximate surface area is 108 Å². The van der Waals surface area contributed by atoms with Gasteiger partial charge in [0.15, 0.2) is 0 Å². The molecule has 0 amide bonds. The average Bonchev–Trinajstić information content (AvgIpc) is 2.63. The minimum Gasteiger partial charge on any atom is -0.379 e. The molecule has 1 N–H and O–H groups in total. The Balaban J connectivity index is 2.04. The number of aryl methyl sites for hydroxylation is 2. The molecule has 0 unspecified atom stereocenters. The molecule has 0 fully saturated rings. The lowest BCUT2D eigenvalue weighted by Gasteiger charge is -2.07. The van der Waals surface area contributed by atoms with Gasteiger partial charge in [-0.2, -0.15) is 0 Å². The monoisotopic (exact) mass is 328 g/mol. The number of halogens is 1. The van der Waals surface area contributed by atoms with E-state index in [4.69, 9.17) is 0 Å². The van der Waals surface area contributed by atoms with Crippen molar-refractivity contribution in [3.63, 3.8) is 0 Å². The van der Waals surface area contributed by atoms with Crippen molar-refractivity contribution in [2.45, 2.75) is 13.5 Å². The van der Waals surface area contributed by atoms with E-state index in [9.17, 15) is 0 Å². The predicted octanol–water partition coefficient (Wildman–Crippen LogP) is 2.34. The van der Waals surface area contributed by atoms with Gasteiger partial charge in [-0.05, 0) is 53.3 Å². The zero-order valence-electron chi connectivity index (χ0n) is 9.24. The largest absolute Gasteiger partial charge is 0.379 e. The van der Waals surface area contributed by atoms with Gasteiger partial charge in [0.1, 0.15) is 5.69 Å². The summed E-state index contributed by atoms with van der Waals surface area (Å²) in [6, 6.07) is 6.33. The fourth-order valence-corrected chi connectivity index (χ4v) is 2.13. The molecule has 4 nitrogen and oxygen atoms in total. The summed E-state index contributed by atoms with van der Waals surface area (Å²) in [6.07, 6.45) is 1.91. The molecule has 0 atom stereocenters. The van der Waals surface area contributed by atoms with Crippen LogP contribution in [-0.4, -0.2) is 15.0 Å². The van der Waals surface area contributed by atoms with Gasteiger partial charge in [-0.25, -0.2) is 0 Å². The second kappa shape index (κ2) is 4.82. The van der Waals surface area contributed by atoms with Crippen molar-refractivity contribution in [2.75, 3.05) is 5.32 Å². The minimum absolute atomic E-state index is 0.704. The third kappa shape index (κ3) is 2.72. The van der Waals surface area contributed by atoms with Crippen LogP contribution in [0.25, 0.3) is 0 Å². The van der Waals surface area contributed by atoms with E-state index in [0.29, 0.717) is 6.54 Å². The van der Waals surface area contributed by atoms with Crippen molar-refractivity contribution in [3.8, 4) is 0 Å². The van der Waals surface area contributed by atoms with E-state index in [2.05, 4.69) is 63.3 Å². The van der Waals surface area contributed by atoms with Crippen LogP contribution in [0.3, 0.4) is 0 Å². The van der Waals surface area contributed by atoms with Crippen molar-refractivity contribution >= 4 is 28.3 Å². The Bertz CT molecular complexity index is 492. The van der Waals surface area contributed by atoms with E-state index < -0.39 is 0 Å². The lowest BCUT2D eigenvalue weighted by molar-refractivity contribution is 0.713. The maximum atomic E-state index is 4.03. The van der Waals surface area contributed by atoms with Crippen molar-refractivity contribution in [1.82, 2.24) is 15.0 Å². The Morgan fingerprint density at radius 1 is 1.44 bits per heavy atom. The van der Waals surface area contributed by atoms with Crippen LogP contribution in [-0.2, 0) is 13.6 Å². The third-order valence-electron chi connectivity index (χ3n) is 2.30. The van der Waals surface area contributed by atoms with Gasteiger partial charge < -0.3 is 5.32 Å². The molecule has 0 spiro atoms. The highest BCUT2D eigenvalue weighted by molar-refractivity contribution is 14.1. The lowest BCUT2D eigenvalue weighted by atomic mass is 10.2. The summed E-state index contributed by atoms with van der Waals surface area (Å²) in [5.74, 6) is 0. The molecule has 0 aliphatic rings. The molecule has 0 saturated heterocycles. The Hall–Kier alpha value is -1.11. The summed E-state index contributed by atoms with van der Waals surface area (Å²) in [4.78, 5) is 0. The van der Waals surface area contributed by atoms with E-state index in [1.165, 1.54) is 9.13 Å². The lowest BCUT2D eigenvalue weighted by Crippen LogP contribution is -2.01. The molecular formula is C11H13IN4. The van der Waals surface area contributed by atoms with Gasteiger partial charge in [-0.15, -0.1) is 5.10 Å². The first-order valence-corrected chi connectivity index (χ1v) is 6.08. The number of hydrogen-bond acceptors (Lipinski definition) is 3. The summed E-state index contributed by atoms with van der Waals surface area (Å²) >= 11 is 2.31. The van der Waals surface area contributed by atoms with Gasteiger partial charge in [0.25, 0.3) is 0 Å². The van der Waals surface area contributed by atoms with Crippen LogP contribution in [0.5, 0.6) is 0 Å². The molecule has 2 aromatic rings. The zero-order chi connectivity index (χ0) is 11.5. The van der Waals surface area contributed by atoms with Gasteiger partial charge in [-0.3, -0.25) is 4.68 Å². The maximum Gasteiger partial charge on any atom is 0.102 e. The zero-order valence-corrected chi connectivity index (χ0v) is 11.4. The maximum absolute atomic E-state index is 4.03. The van der Waals surface area contributed by atoms with Crippen LogP contribution >= 0.6 is 22.6 Å². The highest BCUT2D eigenvalue weighted by Crippen LogP contribution is 2.18. The Morgan fingerprint density at radius 2 is 2.25 bits per heavy atom. The first-order valence-electron chi connectivity index (χ1n) is 5.00. The molecule has 2 rings (SSSR count). The number of hydrogen-bond donors (Lipinski definition) is 1. The molecule has 16 heavy (non-hydrogen) atoms. The van der Waals surface area contributed by atoms with E-state index in [-0.39, 0.29) is 0 Å². The smallest absolute Gasteiger partial charge is 0.102 e. The topological polar surface area (TPSA) is 42.7 Å². The van der Waals surface area contributed by atoms with Crippen molar-refractivity contribution in [3.05, 3.63) is 39.2 Å². The average molecular weight is 328 g/mol. The third-order valence-corrected chi connectivity index (χ3v) is 2.97. The summed E-state index contributed by atoms with van der Waals surface area (Å²) in [7, 11) is 1.87. The van der Waals surface area contributed by atoms with E-state index in [1.54, 1.807) is 4.68 Å². The first-order chi connectivity index (χ1) is 7.65. The van der Waals surface area contributed by atoms with Crippen LogP contribution in [0.1, 0.15) is 11.3 Å². The summed E-state index contributed by atoms with van der Waals surface area (Å²) in [5, 5.41) is 11.3. The van der Waals surface area contributed by atoms with Gasteiger partial charge in [-0.1, -0.05) is 5.21 Å². The van der Waals surface area contributed by atoms with Crippen LogP contribution < -0.4 is 5.32 Å². The fraction of sp³-hybridized carbons (Fsp3) is 0.273. The molecule has 0 radical (unpaired) electrons. The van der Waals surface area contributed by atoms with Gasteiger partial charge in [0, 0.05) is 22.5 Å². The van der Waals surface area contributed by atoms with Crippen molar-refractivity contribution in [2.24, 2.45) is 7.05 Å². The van der Waals surface area contributed by atoms with Crippen LogP contribution in [0.15, 0.2) is 24.4 Å². The van der Waals surface area contributed by atoms with Crippen LogP contribution in [0.4, 0.5) is 5.69 Å². The second-order valence-electron chi connectivity index (χ2n) is 3.70. The highest BCUT2D eigenvalue weighted by atomic mass is 127. The standard InChI is InChI=1S/C11H13IN4/c1-8-5-9(12)3-4-11(8)13-6-10-7-16(2)15-14-10/h3-5,7,13H,6H2,1-2H3. The number of rotatable bonds is 3. The number of nitrogens with one attached hydrogen (secondary N) is 1. The van der Waals surface area contributed by atoms with Crippen LogP contribution in [0.2, 0.25) is 0 Å². The number of aromatic nitrogens is 3. The van der Waals surface area contributed by atoms with E-state index >= 15 is 0 Å². The molecular weight excluding hydrogens is 315 g/mol. The molecule has 1 aromatic heterocycles. The second-order valence-corrected chi connectivity index (χ2v) is 4.94. The molecule has 0 bridgehead atoms. The van der Waals surface area contributed by atoms with Gasteiger partial charge >= 0.3 is 0 Å². The highest BCUT2D eigenvalue weighted by Gasteiger charge is 2.01. The SMILES string of the molecule is Cc1cc(I)ccc1NCc1cn(C)nn1. The molecule has 5 heteroatoms. The van der Waals surface area contributed by atoms with Gasteiger partial charge in [0.2, 0.25) is 0 Å². The predicted molar refractivity (Wildman–Crippen MR) is 72.2 cm³/mol. The molecule has 0 aliphatic carbocycles. The number of nitrogens with zero attached hydrogens (tertiary/aromatic N) is 3.